The Labute approximate surface area is 107 Å². The van der Waals surface area contributed by atoms with E-state index in [2.05, 4.69) is 16.8 Å². The van der Waals surface area contributed by atoms with E-state index in [-0.39, 0.29) is 0 Å². The zero-order valence-corrected chi connectivity index (χ0v) is 10.6. The van der Waals surface area contributed by atoms with Crippen molar-refractivity contribution in [3.8, 4) is 0 Å². The molecule has 1 heterocycles. The molecule has 0 saturated heterocycles. The van der Waals surface area contributed by atoms with E-state index in [1.807, 2.05) is 48.8 Å². The normalized spacial score (nSPS) is 10.2. The quantitative estimate of drug-likeness (QED) is 0.800. The van der Waals surface area contributed by atoms with E-state index in [4.69, 9.17) is 11.6 Å². The molecule has 3 heteroatoms. The van der Waals surface area contributed by atoms with Gasteiger partial charge in [-0.05, 0) is 42.8 Å². The van der Waals surface area contributed by atoms with Crippen LogP contribution >= 0.6 is 11.6 Å². The third-order valence-electron chi connectivity index (χ3n) is 2.56. The van der Waals surface area contributed by atoms with Crippen molar-refractivity contribution in [3.63, 3.8) is 0 Å². The molecular formula is C14H15ClN2. The molecule has 0 fully saturated rings. The van der Waals surface area contributed by atoms with Crippen LogP contribution in [0.25, 0.3) is 0 Å². The summed E-state index contributed by atoms with van der Waals surface area (Å²) in [7, 11) is 0. The first-order valence-corrected chi connectivity index (χ1v) is 6.12. The summed E-state index contributed by atoms with van der Waals surface area (Å²) >= 11 is 5.91. The maximum atomic E-state index is 5.91. The van der Waals surface area contributed by atoms with Crippen LogP contribution < -0.4 is 4.90 Å². The molecule has 0 aliphatic heterocycles. The Kier molecular flexibility index (Phi) is 3.99. The van der Waals surface area contributed by atoms with Crippen LogP contribution in [0.2, 0.25) is 5.02 Å². The van der Waals surface area contributed by atoms with Gasteiger partial charge in [-0.3, -0.25) is 4.98 Å². The van der Waals surface area contributed by atoms with Gasteiger partial charge in [-0.25, -0.2) is 0 Å². The molecule has 88 valence electrons. The zero-order valence-electron chi connectivity index (χ0n) is 9.81. The predicted octanol–water partition coefficient (Wildman–Crippen LogP) is 4.28. The molecule has 2 aromatic rings. The van der Waals surface area contributed by atoms with Gasteiger partial charge in [-0.15, -0.1) is 0 Å². The van der Waals surface area contributed by atoms with Crippen molar-refractivity contribution in [2.45, 2.75) is 13.3 Å². The van der Waals surface area contributed by atoms with Crippen LogP contribution in [0.1, 0.15) is 13.3 Å². The lowest BCUT2D eigenvalue weighted by molar-refractivity contribution is 0.884. The van der Waals surface area contributed by atoms with Crippen LogP contribution in [-0.4, -0.2) is 11.5 Å². The number of benzene rings is 1. The van der Waals surface area contributed by atoms with Crippen LogP contribution in [0.4, 0.5) is 11.4 Å². The average molecular weight is 247 g/mol. The molecule has 0 N–H and O–H groups in total. The van der Waals surface area contributed by atoms with Gasteiger partial charge in [-0.2, -0.15) is 0 Å². The molecule has 0 saturated carbocycles. The first-order chi connectivity index (χ1) is 8.31. The molecule has 0 aliphatic carbocycles. The van der Waals surface area contributed by atoms with Crippen LogP contribution in [0.5, 0.6) is 0 Å². The summed E-state index contributed by atoms with van der Waals surface area (Å²) in [5.41, 5.74) is 2.31. The lowest BCUT2D eigenvalue weighted by Gasteiger charge is -2.24. The van der Waals surface area contributed by atoms with Gasteiger partial charge in [0.1, 0.15) is 0 Å². The summed E-state index contributed by atoms with van der Waals surface area (Å²) in [5, 5.41) is 0.764. The summed E-state index contributed by atoms with van der Waals surface area (Å²) in [5.74, 6) is 0. The number of rotatable bonds is 4. The molecule has 17 heavy (non-hydrogen) atoms. The standard InChI is InChI=1S/C14H15ClN2/c1-2-11-17(14-7-9-16-10-8-14)13-5-3-12(15)4-6-13/h3-10H,2,11H2,1H3. The van der Waals surface area contributed by atoms with Crippen molar-refractivity contribution in [1.82, 2.24) is 4.98 Å². The van der Waals surface area contributed by atoms with Gasteiger partial charge < -0.3 is 4.90 Å². The van der Waals surface area contributed by atoms with E-state index in [1.165, 1.54) is 0 Å². The second-order valence-electron chi connectivity index (χ2n) is 3.83. The number of halogens is 1. The Morgan fingerprint density at radius 3 is 2.18 bits per heavy atom. The molecule has 0 bridgehead atoms. The van der Waals surface area contributed by atoms with Crippen molar-refractivity contribution in [2.75, 3.05) is 11.4 Å². The first-order valence-electron chi connectivity index (χ1n) is 5.74. The molecular weight excluding hydrogens is 232 g/mol. The van der Waals surface area contributed by atoms with Crippen LogP contribution in [0.15, 0.2) is 48.8 Å². The minimum atomic E-state index is 0.764. The first kappa shape index (κ1) is 11.9. The number of aromatic nitrogens is 1. The highest BCUT2D eigenvalue weighted by Gasteiger charge is 2.07. The topological polar surface area (TPSA) is 16.1 Å². The van der Waals surface area contributed by atoms with Crippen LogP contribution in [0, 0.1) is 0 Å². The molecule has 0 amide bonds. The van der Waals surface area contributed by atoms with Gasteiger partial charge in [0.05, 0.1) is 0 Å². The summed E-state index contributed by atoms with van der Waals surface area (Å²) in [6, 6.07) is 12.0. The molecule has 0 atom stereocenters. The third kappa shape index (κ3) is 2.98. The van der Waals surface area contributed by atoms with Gasteiger partial charge in [-0.1, -0.05) is 18.5 Å². The number of pyridine rings is 1. The van der Waals surface area contributed by atoms with Crippen molar-refractivity contribution < 1.29 is 0 Å². The lowest BCUT2D eigenvalue weighted by Crippen LogP contribution is -2.17. The molecule has 1 aromatic heterocycles. The van der Waals surface area contributed by atoms with Gasteiger partial charge in [0, 0.05) is 35.3 Å². The summed E-state index contributed by atoms with van der Waals surface area (Å²) < 4.78 is 0. The van der Waals surface area contributed by atoms with Gasteiger partial charge in [0.2, 0.25) is 0 Å². The fourth-order valence-corrected chi connectivity index (χ4v) is 1.90. The van der Waals surface area contributed by atoms with Crippen molar-refractivity contribution >= 4 is 23.0 Å². The lowest BCUT2D eigenvalue weighted by atomic mass is 10.2. The number of anilines is 2. The third-order valence-corrected chi connectivity index (χ3v) is 2.81. The van der Waals surface area contributed by atoms with E-state index in [1.54, 1.807) is 0 Å². The highest BCUT2D eigenvalue weighted by Crippen LogP contribution is 2.26. The molecule has 1 aromatic carbocycles. The maximum Gasteiger partial charge on any atom is 0.0441 e. The average Bonchev–Trinajstić information content (AvgIpc) is 2.38. The van der Waals surface area contributed by atoms with Gasteiger partial charge in [0.25, 0.3) is 0 Å². The minimum absolute atomic E-state index is 0.764. The van der Waals surface area contributed by atoms with Crippen molar-refractivity contribution in [1.29, 1.82) is 0 Å². The summed E-state index contributed by atoms with van der Waals surface area (Å²) in [6.45, 7) is 3.15. The Hall–Kier alpha value is -1.54. The van der Waals surface area contributed by atoms with E-state index in [9.17, 15) is 0 Å². The van der Waals surface area contributed by atoms with Crippen LogP contribution in [0.3, 0.4) is 0 Å². The van der Waals surface area contributed by atoms with E-state index in [0.29, 0.717) is 0 Å². The fraction of sp³-hybridized carbons (Fsp3) is 0.214. The second kappa shape index (κ2) is 5.69. The molecule has 0 radical (unpaired) electrons. The number of hydrogen-bond acceptors (Lipinski definition) is 2. The van der Waals surface area contributed by atoms with Gasteiger partial charge in [0.15, 0.2) is 0 Å². The molecule has 0 unspecified atom stereocenters. The highest BCUT2D eigenvalue weighted by atomic mass is 35.5. The molecule has 0 spiro atoms. The highest BCUT2D eigenvalue weighted by molar-refractivity contribution is 6.30. The van der Waals surface area contributed by atoms with E-state index < -0.39 is 0 Å². The summed E-state index contributed by atoms with van der Waals surface area (Å²) in [4.78, 5) is 6.31. The van der Waals surface area contributed by atoms with Crippen molar-refractivity contribution in [3.05, 3.63) is 53.8 Å². The summed E-state index contributed by atoms with van der Waals surface area (Å²) in [6.07, 6.45) is 4.72. The van der Waals surface area contributed by atoms with Gasteiger partial charge >= 0.3 is 0 Å². The zero-order chi connectivity index (χ0) is 12.1. The fourth-order valence-electron chi connectivity index (χ4n) is 1.78. The largest absolute Gasteiger partial charge is 0.341 e. The van der Waals surface area contributed by atoms with Crippen LogP contribution in [-0.2, 0) is 0 Å². The Balaban J connectivity index is 2.32. The van der Waals surface area contributed by atoms with Crippen molar-refractivity contribution in [2.24, 2.45) is 0 Å². The predicted molar refractivity (Wildman–Crippen MR) is 73.0 cm³/mol. The molecule has 2 nitrogen and oxygen atoms in total. The Morgan fingerprint density at radius 2 is 1.59 bits per heavy atom. The van der Waals surface area contributed by atoms with E-state index >= 15 is 0 Å². The second-order valence-corrected chi connectivity index (χ2v) is 4.27. The Bertz CT molecular complexity index is 453. The molecule has 2 rings (SSSR count). The number of nitrogens with zero attached hydrogens (tertiary/aromatic N) is 2. The molecule has 0 aliphatic rings. The number of hydrogen-bond donors (Lipinski definition) is 0. The minimum Gasteiger partial charge on any atom is -0.341 e. The maximum absolute atomic E-state index is 5.91. The Morgan fingerprint density at radius 1 is 1.00 bits per heavy atom. The SMILES string of the molecule is CCCN(c1ccncc1)c1ccc(Cl)cc1. The monoisotopic (exact) mass is 246 g/mol. The van der Waals surface area contributed by atoms with E-state index in [0.717, 1.165) is 29.4 Å². The smallest absolute Gasteiger partial charge is 0.0441 e.